The van der Waals surface area contributed by atoms with Gasteiger partial charge in [0.25, 0.3) is 0 Å². The van der Waals surface area contributed by atoms with E-state index in [1.54, 1.807) is 11.3 Å². The number of aliphatic hydroxyl groups excluding tert-OH is 1. The highest BCUT2D eigenvalue weighted by molar-refractivity contribution is 7.18. The normalized spacial score (nSPS) is 19.8. The Bertz CT molecular complexity index is 497. The van der Waals surface area contributed by atoms with Crippen LogP contribution in [0.25, 0.3) is 10.4 Å². The summed E-state index contributed by atoms with van der Waals surface area (Å²) in [5, 5.41) is 10.5. The van der Waals surface area contributed by atoms with Crippen molar-refractivity contribution in [3.63, 3.8) is 0 Å². The van der Waals surface area contributed by atoms with E-state index in [2.05, 4.69) is 22.0 Å². The second-order valence-electron chi connectivity index (χ2n) is 4.26. The molecular formula is C13H14N2OS. The Morgan fingerprint density at radius 2 is 2.12 bits per heavy atom. The van der Waals surface area contributed by atoms with Crippen LogP contribution in [-0.2, 0) is 0 Å². The lowest BCUT2D eigenvalue weighted by Crippen LogP contribution is -2.20. The Balaban J connectivity index is 1.84. The zero-order chi connectivity index (χ0) is 11.7. The zero-order valence-electron chi connectivity index (χ0n) is 9.41. The third-order valence-corrected chi connectivity index (χ3v) is 4.09. The summed E-state index contributed by atoms with van der Waals surface area (Å²) in [6.07, 6.45) is 2.57. The van der Waals surface area contributed by atoms with Crippen molar-refractivity contribution in [2.24, 2.45) is 0 Å². The summed E-state index contributed by atoms with van der Waals surface area (Å²) in [4.78, 5) is 7.78. The molecule has 1 aromatic heterocycles. The number of nitrogens with zero attached hydrogens (tertiary/aromatic N) is 2. The van der Waals surface area contributed by atoms with Crippen LogP contribution in [0, 0.1) is 0 Å². The Labute approximate surface area is 104 Å². The Hall–Kier alpha value is -1.39. The molecule has 0 amide bonds. The molecule has 0 saturated carbocycles. The minimum atomic E-state index is -0.195. The number of hydrogen-bond acceptors (Lipinski definition) is 4. The van der Waals surface area contributed by atoms with Gasteiger partial charge in [0.05, 0.1) is 11.0 Å². The van der Waals surface area contributed by atoms with Gasteiger partial charge >= 0.3 is 0 Å². The minimum absolute atomic E-state index is 0.195. The first-order valence-corrected chi connectivity index (χ1v) is 6.59. The van der Waals surface area contributed by atoms with Crippen LogP contribution in [0.2, 0.25) is 0 Å². The number of rotatable bonds is 2. The molecule has 0 aliphatic carbocycles. The van der Waals surface area contributed by atoms with Crippen molar-refractivity contribution < 1.29 is 5.11 Å². The fourth-order valence-corrected chi connectivity index (χ4v) is 3.02. The largest absolute Gasteiger partial charge is 0.391 e. The number of anilines is 1. The van der Waals surface area contributed by atoms with Gasteiger partial charge in [0.15, 0.2) is 5.13 Å². The van der Waals surface area contributed by atoms with E-state index in [0.717, 1.165) is 18.1 Å². The van der Waals surface area contributed by atoms with E-state index in [1.165, 1.54) is 10.4 Å². The summed E-state index contributed by atoms with van der Waals surface area (Å²) in [6.45, 7) is 1.62. The molecule has 1 aliphatic rings. The molecule has 17 heavy (non-hydrogen) atoms. The van der Waals surface area contributed by atoms with Crippen LogP contribution in [-0.4, -0.2) is 29.3 Å². The van der Waals surface area contributed by atoms with Crippen molar-refractivity contribution in [2.75, 3.05) is 18.0 Å². The highest BCUT2D eigenvalue weighted by Gasteiger charge is 2.22. The van der Waals surface area contributed by atoms with Crippen molar-refractivity contribution in [1.29, 1.82) is 0 Å². The van der Waals surface area contributed by atoms with Crippen molar-refractivity contribution in [1.82, 2.24) is 4.98 Å². The van der Waals surface area contributed by atoms with Crippen LogP contribution >= 0.6 is 11.3 Å². The lowest BCUT2D eigenvalue weighted by molar-refractivity contribution is 0.198. The quantitative estimate of drug-likeness (QED) is 0.884. The number of thiazole rings is 1. The minimum Gasteiger partial charge on any atom is -0.391 e. The van der Waals surface area contributed by atoms with Gasteiger partial charge in [-0.15, -0.1) is 0 Å². The topological polar surface area (TPSA) is 36.4 Å². The summed E-state index contributed by atoms with van der Waals surface area (Å²) in [7, 11) is 0. The van der Waals surface area contributed by atoms with Crippen LogP contribution in [0.3, 0.4) is 0 Å². The van der Waals surface area contributed by atoms with E-state index < -0.39 is 0 Å². The molecule has 0 spiro atoms. The average Bonchev–Trinajstić information content (AvgIpc) is 2.98. The standard InChI is InChI=1S/C13H14N2OS/c16-11-6-7-15(9-11)13-14-8-12(17-13)10-4-2-1-3-5-10/h1-5,8,11,16H,6-7,9H2/t11-/m0/s1. The maximum Gasteiger partial charge on any atom is 0.185 e. The Kier molecular flexibility index (Phi) is 2.82. The van der Waals surface area contributed by atoms with Gasteiger partial charge in [-0.05, 0) is 12.0 Å². The molecular weight excluding hydrogens is 232 g/mol. The molecule has 0 bridgehead atoms. The number of hydrogen-bond donors (Lipinski definition) is 1. The predicted octanol–water partition coefficient (Wildman–Crippen LogP) is 2.38. The molecule has 1 atom stereocenters. The van der Waals surface area contributed by atoms with Crippen molar-refractivity contribution >= 4 is 16.5 Å². The molecule has 3 rings (SSSR count). The fraction of sp³-hybridized carbons (Fsp3) is 0.308. The second-order valence-corrected chi connectivity index (χ2v) is 5.27. The van der Waals surface area contributed by atoms with Crippen molar-refractivity contribution in [2.45, 2.75) is 12.5 Å². The fourth-order valence-electron chi connectivity index (χ4n) is 2.06. The number of benzene rings is 1. The molecule has 1 aliphatic heterocycles. The first-order chi connectivity index (χ1) is 8.33. The van der Waals surface area contributed by atoms with Gasteiger partial charge in [0.2, 0.25) is 0 Å². The molecule has 0 unspecified atom stereocenters. The maximum atomic E-state index is 9.52. The third-order valence-electron chi connectivity index (χ3n) is 2.99. The summed E-state index contributed by atoms with van der Waals surface area (Å²) >= 11 is 1.69. The van der Waals surface area contributed by atoms with E-state index in [-0.39, 0.29) is 6.10 Å². The van der Waals surface area contributed by atoms with Crippen molar-refractivity contribution in [3.05, 3.63) is 36.5 Å². The van der Waals surface area contributed by atoms with Gasteiger partial charge in [-0.3, -0.25) is 0 Å². The Morgan fingerprint density at radius 1 is 1.29 bits per heavy atom. The highest BCUT2D eigenvalue weighted by atomic mass is 32.1. The summed E-state index contributed by atoms with van der Waals surface area (Å²) in [5.74, 6) is 0. The molecule has 1 N–H and O–H groups in total. The molecule has 0 radical (unpaired) electrons. The van der Waals surface area contributed by atoms with Gasteiger partial charge in [-0.2, -0.15) is 0 Å². The smallest absolute Gasteiger partial charge is 0.185 e. The Morgan fingerprint density at radius 3 is 2.82 bits per heavy atom. The first kappa shape index (κ1) is 10.7. The van der Waals surface area contributed by atoms with Gasteiger partial charge < -0.3 is 10.0 Å². The van der Waals surface area contributed by atoms with Gasteiger partial charge in [-0.1, -0.05) is 41.7 Å². The zero-order valence-corrected chi connectivity index (χ0v) is 10.2. The maximum absolute atomic E-state index is 9.52. The molecule has 2 aromatic rings. The molecule has 3 nitrogen and oxygen atoms in total. The molecule has 88 valence electrons. The van der Waals surface area contributed by atoms with Gasteiger partial charge in [-0.25, -0.2) is 4.98 Å². The average molecular weight is 246 g/mol. The van der Waals surface area contributed by atoms with Crippen LogP contribution in [0.1, 0.15) is 6.42 Å². The lowest BCUT2D eigenvalue weighted by atomic mass is 10.2. The molecule has 4 heteroatoms. The summed E-state index contributed by atoms with van der Waals surface area (Å²) in [5.41, 5.74) is 1.20. The number of aliphatic hydroxyl groups is 1. The monoisotopic (exact) mass is 246 g/mol. The number of aromatic nitrogens is 1. The van der Waals surface area contributed by atoms with Crippen LogP contribution in [0.4, 0.5) is 5.13 Å². The SMILES string of the molecule is O[C@H]1CCN(c2ncc(-c3ccccc3)s2)C1. The van der Waals surface area contributed by atoms with E-state index >= 15 is 0 Å². The third kappa shape index (κ3) is 2.18. The highest BCUT2D eigenvalue weighted by Crippen LogP contribution is 2.32. The first-order valence-electron chi connectivity index (χ1n) is 5.77. The van der Waals surface area contributed by atoms with Gasteiger partial charge in [0, 0.05) is 19.3 Å². The van der Waals surface area contributed by atoms with E-state index in [1.807, 2.05) is 24.4 Å². The van der Waals surface area contributed by atoms with E-state index in [9.17, 15) is 5.11 Å². The van der Waals surface area contributed by atoms with Crippen molar-refractivity contribution in [3.8, 4) is 10.4 Å². The molecule has 2 heterocycles. The van der Waals surface area contributed by atoms with E-state index in [0.29, 0.717) is 6.54 Å². The second kappa shape index (κ2) is 4.47. The van der Waals surface area contributed by atoms with E-state index in [4.69, 9.17) is 0 Å². The summed E-state index contributed by atoms with van der Waals surface area (Å²) in [6, 6.07) is 10.3. The molecule has 1 saturated heterocycles. The van der Waals surface area contributed by atoms with Gasteiger partial charge in [0.1, 0.15) is 0 Å². The lowest BCUT2D eigenvalue weighted by Gasteiger charge is -2.12. The number of β-amino-alcohol motifs (C(OH)–C–C–N with tert-alkyl or cyclic N) is 1. The van der Waals surface area contributed by atoms with Crippen LogP contribution in [0.5, 0.6) is 0 Å². The molecule has 1 fully saturated rings. The molecule has 1 aromatic carbocycles. The predicted molar refractivity (Wildman–Crippen MR) is 70.4 cm³/mol. The summed E-state index contributed by atoms with van der Waals surface area (Å²) < 4.78 is 0. The van der Waals surface area contributed by atoms with Crippen LogP contribution in [0.15, 0.2) is 36.5 Å². The van der Waals surface area contributed by atoms with Crippen LogP contribution < -0.4 is 4.90 Å².